The van der Waals surface area contributed by atoms with Gasteiger partial charge in [-0.05, 0) is 24.6 Å². The Kier molecular flexibility index (Phi) is 6.89. The SMILES string of the molecule is C/C(=C\C(O)=C/C(C)C(O)(C(F)(F)F)C(F)(F)F)C(O)(C(F)(F)F)C(F)(F)F. The second-order valence-electron chi connectivity index (χ2n) is 5.68. The van der Waals surface area contributed by atoms with Gasteiger partial charge in [0.05, 0.1) is 0 Å². The fraction of sp³-hybridized carbons (Fsp3) is 0.692. The number of hydrogen-bond donors (Lipinski definition) is 3. The van der Waals surface area contributed by atoms with Gasteiger partial charge in [0.25, 0.3) is 11.2 Å². The molecule has 0 aromatic carbocycles. The van der Waals surface area contributed by atoms with Crippen LogP contribution in [0.4, 0.5) is 52.7 Å². The summed E-state index contributed by atoms with van der Waals surface area (Å²) in [6, 6.07) is 0. The van der Waals surface area contributed by atoms with Crippen molar-refractivity contribution >= 4 is 0 Å². The minimum atomic E-state index is -6.39. The van der Waals surface area contributed by atoms with Crippen LogP contribution in [0.25, 0.3) is 0 Å². The van der Waals surface area contributed by atoms with Crippen LogP contribution in [-0.4, -0.2) is 51.2 Å². The highest BCUT2D eigenvalue weighted by Gasteiger charge is 2.73. The second kappa shape index (κ2) is 7.31. The van der Waals surface area contributed by atoms with E-state index in [1.807, 2.05) is 0 Å². The summed E-state index contributed by atoms with van der Waals surface area (Å²) in [7, 11) is 0. The molecule has 0 aromatic rings. The molecule has 0 saturated heterocycles. The highest BCUT2D eigenvalue weighted by Crippen LogP contribution is 2.49. The van der Waals surface area contributed by atoms with Crippen molar-refractivity contribution in [1.29, 1.82) is 0 Å². The Morgan fingerprint density at radius 1 is 0.714 bits per heavy atom. The van der Waals surface area contributed by atoms with Crippen LogP contribution in [-0.2, 0) is 0 Å². The topological polar surface area (TPSA) is 60.7 Å². The summed E-state index contributed by atoms with van der Waals surface area (Å²) >= 11 is 0. The Morgan fingerprint density at radius 2 is 1.04 bits per heavy atom. The standard InChI is InChI=1S/C13H12F12O3/c1-5(8(27,10(14,15)16)11(17,18)19)3-7(26)4-6(2)9(28,12(20,21)22)13(23,24)25/h3-5,26-28H,1-2H3/b6-4+,7-3+. The van der Waals surface area contributed by atoms with E-state index in [1.165, 1.54) is 0 Å². The normalized spacial score (nSPS) is 17.7. The number of allylic oxidation sites excluding steroid dienone is 1. The first kappa shape index (κ1) is 26.4. The molecule has 1 atom stereocenters. The molecule has 0 amide bonds. The van der Waals surface area contributed by atoms with E-state index in [4.69, 9.17) is 10.2 Å². The Bertz CT molecular complexity index is 593. The monoisotopic (exact) mass is 444 g/mol. The Balaban J connectivity index is 6.30. The van der Waals surface area contributed by atoms with Crippen molar-refractivity contribution < 1.29 is 68.0 Å². The molecule has 3 N–H and O–H groups in total. The van der Waals surface area contributed by atoms with Gasteiger partial charge in [0.1, 0.15) is 5.76 Å². The van der Waals surface area contributed by atoms with Gasteiger partial charge in [0, 0.05) is 5.92 Å². The van der Waals surface area contributed by atoms with Crippen LogP contribution in [0.15, 0.2) is 23.5 Å². The molecular formula is C13H12F12O3. The summed E-state index contributed by atoms with van der Waals surface area (Å²) in [6.07, 6.45) is -26.5. The summed E-state index contributed by atoms with van der Waals surface area (Å²) in [5.41, 5.74) is -13.1. The average Bonchev–Trinajstić information content (AvgIpc) is 2.39. The van der Waals surface area contributed by atoms with E-state index in [0.29, 0.717) is 0 Å². The predicted octanol–water partition coefficient (Wildman–Crippen LogP) is 4.72. The maximum atomic E-state index is 12.6. The lowest BCUT2D eigenvalue weighted by Gasteiger charge is -2.36. The third-order valence-electron chi connectivity index (χ3n) is 3.70. The molecule has 0 rings (SSSR count). The van der Waals surface area contributed by atoms with Gasteiger partial charge in [0.2, 0.25) is 0 Å². The number of alkyl halides is 12. The van der Waals surface area contributed by atoms with Gasteiger partial charge in [-0.3, -0.25) is 0 Å². The molecule has 0 spiro atoms. The molecule has 0 radical (unpaired) electrons. The summed E-state index contributed by atoms with van der Waals surface area (Å²) in [4.78, 5) is 0. The lowest BCUT2D eigenvalue weighted by molar-refractivity contribution is -0.378. The first-order valence-electron chi connectivity index (χ1n) is 6.75. The lowest BCUT2D eigenvalue weighted by atomic mass is 9.86. The van der Waals surface area contributed by atoms with Crippen LogP contribution < -0.4 is 0 Å². The molecule has 0 aliphatic heterocycles. The van der Waals surface area contributed by atoms with Crippen molar-refractivity contribution in [2.45, 2.75) is 49.8 Å². The van der Waals surface area contributed by atoms with Crippen molar-refractivity contribution in [1.82, 2.24) is 0 Å². The van der Waals surface area contributed by atoms with Gasteiger partial charge in [-0.15, -0.1) is 0 Å². The number of rotatable bonds is 4. The zero-order valence-corrected chi connectivity index (χ0v) is 13.6. The van der Waals surface area contributed by atoms with E-state index >= 15 is 0 Å². The summed E-state index contributed by atoms with van der Waals surface area (Å²) in [5, 5.41) is 27.3. The van der Waals surface area contributed by atoms with Gasteiger partial charge < -0.3 is 15.3 Å². The minimum absolute atomic E-state index is 0.0184. The molecule has 0 bridgehead atoms. The highest BCUT2D eigenvalue weighted by atomic mass is 19.4. The van der Waals surface area contributed by atoms with E-state index < -0.39 is 65.3 Å². The molecule has 28 heavy (non-hydrogen) atoms. The fourth-order valence-corrected chi connectivity index (χ4v) is 2.04. The molecule has 3 nitrogen and oxygen atoms in total. The maximum Gasteiger partial charge on any atom is 0.430 e. The van der Waals surface area contributed by atoms with Gasteiger partial charge in [-0.1, -0.05) is 6.92 Å². The van der Waals surface area contributed by atoms with E-state index in [1.54, 1.807) is 0 Å². The van der Waals surface area contributed by atoms with Crippen molar-refractivity contribution in [3.63, 3.8) is 0 Å². The molecular weight excluding hydrogens is 432 g/mol. The highest BCUT2D eigenvalue weighted by molar-refractivity contribution is 5.28. The summed E-state index contributed by atoms with van der Waals surface area (Å²) in [5.74, 6) is -5.02. The van der Waals surface area contributed by atoms with Crippen LogP contribution >= 0.6 is 0 Å². The van der Waals surface area contributed by atoms with E-state index in [2.05, 4.69) is 0 Å². The van der Waals surface area contributed by atoms with Crippen molar-refractivity contribution in [3.8, 4) is 0 Å². The molecule has 15 heteroatoms. The van der Waals surface area contributed by atoms with Crippen LogP contribution in [0.2, 0.25) is 0 Å². The molecule has 0 fully saturated rings. The molecule has 1 unspecified atom stereocenters. The third kappa shape index (κ3) is 4.50. The number of aliphatic hydroxyl groups excluding tert-OH is 1. The van der Waals surface area contributed by atoms with E-state index in [-0.39, 0.29) is 13.8 Å². The first-order chi connectivity index (χ1) is 11.9. The molecule has 0 aromatic heterocycles. The first-order valence-corrected chi connectivity index (χ1v) is 6.75. The van der Waals surface area contributed by atoms with Crippen LogP contribution in [0, 0.1) is 5.92 Å². The molecule has 0 aliphatic rings. The van der Waals surface area contributed by atoms with Crippen molar-refractivity contribution in [2.24, 2.45) is 5.92 Å². The van der Waals surface area contributed by atoms with Crippen LogP contribution in [0.3, 0.4) is 0 Å². The van der Waals surface area contributed by atoms with E-state index in [9.17, 15) is 57.8 Å². The molecule has 0 aliphatic carbocycles. The van der Waals surface area contributed by atoms with Crippen molar-refractivity contribution in [3.05, 3.63) is 23.5 Å². The number of hydrogen-bond acceptors (Lipinski definition) is 3. The van der Waals surface area contributed by atoms with E-state index in [0.717, 1.165) is 0 Å². The summed E-state index contributed by atoms with van der Waals surface area (Å²) in [6.45, 7) is 0.0372. The fourth-order valence-electron chi connectivity index (χ4n) is 2.04. The molecule has 166 valence electrons. The zero-order valence-electron chi connectivity index (χ0n) is 13.6. The lowest BCUT2D eigenvalue weighted by Crippen LogP contribution is -2.60. The minimum Gasteiger partial charge on any atom is -0.508 e. The van der Waals surface area contributed by atoms with Gasteiger partial charge in [0.15, 0.2) is 0 Å². The van der Waals surface area contributed by atoms with Gasteiger partial charge in [-0.25, -0.2) is 0 Å². The quantitative estimate of drug-likeness (QED) is 0.334. The Morgan fingerprint density at radius 3 is 1.29 bits per heavy atom. The third-order valence-corrected chi connectivity index (χ3v) is 3.70. The Hall–Kier alpha value is -1.64. The number of aliphatic hydroxyl groups is 3. The smallest absolute Gasteiger partial charge is 0.430 e. The second-order valence-corrected chi connectivity index (χ2v) is 5.68. The summed E-state index contributed by atoms with van der Waals surface area (Å²) < 4.78 is 151. The Labute approximate surface area is 148 Å². The zero-order chi connectivity index (χ0) is 23.1. The largest absolute Gasteiger partial charge is 0.508 e. The number of halogens is 12. The predicted molar refractivity (Wildman–Crippen MR) is 67.8 cm³/mol. The molecule has 0 heterocycles. The maximum absolute atomic E-state index is 12.6. The van der Waals surface area contributed by atoms with Gasteiger partial charge in [-0.2, -0.15) is 52.7 Å². The van der Waals surface area contributed by atoms with Crippen molar-refractivity contribution in [2.75, 3.05) is 0 Å². The average molecular weight is 444 g/mol. The van der Waals surface area contributed by atoms with Crippen LogP contribution in [0.5, 0.6) is 0 Å². The molecule has 0 saturated carbocycles. The van der Waals surface area contributed by atoms with Gasteiger partial charge >= 0.3 is 24.7 Å². The van der Waals surface area contributed by atoms with Crippen LogP contribution in [0.1, 0.15) is 13.8 Å².